The Bertz CT molecular complexity index is 648. The standard InChI is InChI=1S/C21H32FN3O3.HI/c1-3-26-20-7-6-16(13-19(20)22)14-24-21(23-2)25-10-8-17(9-11-25)28-15-18-5-4-12-27-18;/h6-7,13,17-18H,3-5,8-12,14-15H2,1-2H3,(H,23,24);1H. The van der Waals surface area contributed by atoms with Gasteiger partial charge in [-0.25, -0.2) is 4.39 Å². The predicted molar refractivity (Wildman–Crippen MR) is 123 cm³/mol. The van der Waals surface area contributed by atoms with Gasteiger partial charge in [-0.15, -0.1) is 24.0 Å². The molecule has 1 aromatic rings. The molecule has 0 bridgehead atoms. The molecule has 2 fully saturated rings. The summed E-state index contributed by atoms with van der Waals surface area (Å²) in [5.41, 5.74) is 0.858. The second kappa shape index (κ2) is 12.5. The molecule has 6 nitrogen and oxygen atoms in total. The van der Waals surface area contributed by atoms with Gasteiger partial charge in [0.25, 0.3) is 0 Å². The Hall–Kier alpha value is -1.13. The lowest BCUT2D eigenvalue weighted by atomic mass is 10.1. The van der Waals surface area contributed by atoms with Gasteiger partial charge in [0.2, 0.25) is 0 Å². The smallest absolute Gasteiger partial charge is 0.193 e. The lowest BCUT2D eigenvalue weighted by Crippen LogP contribution is -2.47. The molecule has 0 amide bonds. The molecule has 2 aliphatic rings. The Labute approximate surface area is 190 Å². The van der Waals surface area contributed by atoms with Gasteiger partial charge in [0.15, 0.2) is 17.5 Å². The molecule has 29 heavy (non-hydrogen) atoms. The summed E-state index contributed by atoms with van der Waals surface area (Å²) in [6, 6.07) is 5.06. The zero-order valence-electron chi connectivity index (χ0n) is 17.4. The van der Waals surface area contributed by atoms with Crippen LogP contribution in [-0.2, 0) is 16.0 Å². The van der Waals surface area contributed by atoms with E-state index in [2.05, 4.69) is 15.2 Å². The molecule has 0 radical (unpaired) electrons. The van der Waals surface area contributed by atoms with Crippen molar-refractivity contribution < 1.29 is 18.6 Å². The molecule has 1 aromatic carbocycles. The van der Waals surface area contributed by atoms with E-state index < -0.39 is 0 Å². The zero-order valence-corrected chi connectivity index (χ0v) is 19.7. The number of nitrogens with zero attached hydrogens (tertiary/aromatic N) is 2. The maximum Gasteiger partial charge on any atom is 0.193 e. The number of hydrogen-bond donors (Lipinski definition) is 1. The summed E-state index contributed by atoms with van der Waals surface area (Å²) in [5, 5.41) is 3.33. The fraction of sp³-hybridized carbons (Fsp3) is 0.667. The summed E-state index contributed by atoms with van der Waals surface area (Å²) in [4.78, 5) is 6.62. The third-order valence-corrected chi connectivity index (χ3v) is 5.24. The first-order chi connectivity index (χ1) is 13.7. The monoisotopic (exact) mass is 521 g/mol. The van der Waals surface area contributed by atoms with Crippen LogP contribution in [0.25, 0.3) is 0 Å². The van der Waals surface area contributed by atoms with Crippen LogP contribution in [0.15, 0.2) is 23.2 Å². The Morgan fingerprint density at radius 2 is 2.10 bits per heavy atom. The highest BCUT2D eigenvalue weighted by molar-refractivity contribution is 14.0. The number of rotatable bonds is 7. The third-order valence-electron chi connectivity index (χ3n) is 5.24. The molecule has 0 saturated carbocycles. The number of likely N-dealkylation sites (tertiary alicyclic amines) is 1. The molecule has 1 unspecified atom stereocenters. The lowest BCUT2D eigenvalue weighted by molar-refractivity contribution is -0.0367. The average Bonchev–Trinajstić information content (AvgIpc) is 3.23. The fourth-order valence-electron chi connectivity index (χ4n) is 3.69. The molecule has 1 atom stereocenters. The van der Waals surface area contributed by atoms with E-state index in [4.69, 9.17) is 14.2 Å². The van der Waals surface area contributed by atoms with Gasteiger partial charge in [0.1, 0.15) is 0 Å². The Balaban J connectivity index is 0.00000300. The van der Waals surface area contributed by atoms with Crippen LogP contribution in [0, 0.1) is 5.82 Å². The van der Waals surface area contributed by atoms with Gasteiger partial charge in [0, 0.05) is 33.3 Å². The minimum absolute atomic E-state index is 0. The molecule has 3 rings (SSSR count). The molecule has 0 spiro atoms. The van der Waals surface area contributed by atoms with Crippen LogP contribution in [0.4, 0.5) is 4.39 Å². The van der Waals surface area contributed by atoms with Crippen LogP contribution < -0.4 is 10.1 Å². The molecule has 1 N–H and O–H groups in total. The number of nitrogens with one attached hydrogen (secondary N) is 1. The maximum absolute atomic E-state index is 14.0. The topological polar surface area (TPSA) is 55.3 Å². The van der Waals surface area contributed by atoms with E-state index in [1.165, 1.54) is 6.07 Å². The first kappa shape index (κ1) is 24.1. The van der Waals surface area contributed by atoms with Crippen molar-refractivity contribution in [1.29, 1.82) is 0 Å². The largest absolute Gasteiger partial charge is 0.491 e. The molecule has 0 aliphatic carbocycles. The van der Waals surface area contributed by atoms with Crippen molar-refractivity contribution in [1.82, 2.24) is 10.2 Å². The fourth-order valence-corrected chi connectivity index (χ4v) is 3.69. The first-order valence-corrected chi connectivity index (χ1v) is 10.3. The van der Waals surface area contributed by atoms with E-state index in [1.54, 1.807) is 13.1 Å². The maximum atomic E-state index is 14.0. The quantitative estimate of drug-likeness (QED) is 0.338. The van der Waals surface area contributed by atoms with Crippen molar-refractivity contribution in [3.63, 3.8) is 0 Å². The number of hydrogen-bond acceptors (Lipinski definition) is 4. The van der Waals surface area contributed by atoms with Gasteiger partial charge >= 0.3 is 0 Å². The van der Waals surface area contributed by atoms with Gasteiger partial charge in [-0.05, 0) is 50.3 Å². The normalized spacial score (nSPS) is 20.4. The van der Waals surface area contributed by atoms with Gasteiger partial charge < -0.3 is 24.4 Å². The van der Waals surface area contributed by atoms with Gasteiger partial charge in [-0.1, -0.05) is 6.07 Å². The number of aliphatic imine (C=N–C) groups is 1. The van der Waals surface area contributed by atoms with E-state index in [-0.39, 0.29) is 35.9 Å². The number of guanidine groups is 1. The number of benzene rings is 1. The molecule has 0 aromatic heterocycles. The highest BCUT2D eigenvalue weighted by Crippen LogP contribution is 2.19. The second-order valence-electron chi connectivity index (χ2n) is 7.25. The molecule has 2 saturated heterocycles. The number of ether oxygens (including phenoxy) is 3. The van der Waals surface area contributed by atoms with Crippen molar-refractivity contribution in [2.45, 2.75) is 51.4 Å². The minimum atomic E-state index is -0.333. The van der Waals surface area contributed by atoms with Crippen LogP contribution >= 0.6 is 24.0 Å². The van der Waals surface area contributed by atoms with Crippen molar-refractivity contribution >= 4 is 29.9 Å². The van der Waals surface area contributed by atoms with Gasteiger partial charge in [0.05, 0.1) is 25.4 Å². The van der Waals surface area contributed by atoms with Crippen LogP contribution in [0.5, 0.6) is 5.75 Å². The van der Waals surface area contributed by atoms with Crippen molar-refractivity contribution in [2.75, 3.05) is 40.0 Å². The Morgan fingerprint density at radius 1 is 1.31 bits per heavy atom. The zero-order chi connectivity index (χ0) is 19.8. The number of piperidine rings is 1. The Morgan fingerprint density at radius 3 is 2.72 bits per heavy atom. The first-order valence-electron chi connectivity index (χ1n) is 10.3. The number of halogens is 2. The molecule has 8 heteroatoms. The van der Waals surface area contributed by atoms with E-state index in [0.29, 0.717) is 31.6 Å². The summed E-state index contributed by atoms with van der Waals surface area (Å²) in [6.07, 6.45) is 4.78. The van der Waals surface area contributed by atoms with E-state index in [1.807, 2.05) is 13.0 Å². The average molecular weight is 521 g/mol. The summed E-state index contributed by atoms with van der Waals surface area (Å²) in [7, 11) is 1.78. The molecular formula is C21H33FIN3O3. The van der Waals surface area contributed by atoms with Crippen molar-refractivity contribution in [3.05, 3.63) is 29.6 Å². The second-order valence-corrected chi connectivity index (χ2v) is 7.25. The minimum Gasteiger partial charge on any atom is -0.491 e. The summed E-state index contributed by atoms with van der Waals surface area (Å²) in [5.74, 6) is 0.799. The highest BCUT2D eigenvalue weighted by Gasteiger charge is 2.24. The summed E-state index contributed by atoms with van der Waals surface area (Å²) >= 11 is 0. The van der Waals surface area contributed by atoms with Crippen LogP contribution in [0.2, 0.25) is 0 Å². The highest BCUT2D eigenvalue weighted by atomic mass is 127. The molecule has 2 heterocycles. The Kier molecular flexibility index (Phi) is 10.4. The predicted octanol–water partition coefficient (Wildman–Crippen LogP) is 3.58. The van der Waals surface area contributed by atoms with Crippen LogP contribution in [0.3, 0.4) is 0 Å². The lowest BCUT2D eigenvalue weighted by Gasteiger charge is -2.34. The van der Waals surface area contributed by atoms with Crippen LogP contribution in [-0.4, -0.2) is 63.0 Å². The molecule has 164 valence electrons. The van der Waals surface area contributed by atoms with Gasteiger partial charge in [-0.3, -0.25) is 4.99 Å². The molecule has 2 aliphatic heterocycles. The van der Waals surface area contributed by atoms with Gasteiger partial charge in [-0.2, -0.15) is 0 Å². The van der Waals surface area contributed by atoms with E-state index in [0.717, 1.165) is 56.9 Å². The SMILES string of the molecule is CCOc1ccc(CNC(=NC)N2CCC(OCC3CCCO3)CC2)cc1F.I. The summed E-state index contributed by atoms with van der Waals surface area (Å²) < 4.78 is 30.9. The van der Waals surface area contributed by atoms with Crippen molar-refractivity contribution in [3.8, 4) is 5.75 Å². The molecular weight excluding hydrogens is 488 g/mol. The van der Waals surface area contributed by atoms with Crippen LogP contribution in [0.1, 0.15) is 38.2 Å². The third kappa shape index (κ3) is 7.25. The summed E-state index contributed by atoms with van der Waals surface area (Å²) in [6.45, 7) is 6.18. The van der Waals surface area contributed by atoms with Crippen molar-refractivity contribution in [2.24, 2.45) is 4.99 Å². The van der Waals surface area contributed by atoms with E-state index in [9.17, 15) is 4.39 Å². The van der Waals surface area contributed by atoms with E-state index >= 15 is 0 Å².